The van der Waals surface area contributed by atoms with Gasteiger partial charge in [0.2, 0.25) is 6.20 Å². The molecule has 0 fully saturated rings. The van der Waals surface area contributed by atoms with Crippen LogP contribution in [0.1, 0.15) is 5.69 Å². The standard InChI is InChI=1S/C9H9NO/c11-9-5-4-8-3-1-2-6-10(8)7-9/h1-2,4-5,7H,3,6H2/p+1. The van der Waals surface area contributed by atoms with Crippen LogP contribution in [0, 0.1) is 0 Å². The highest BCUT2D eigenvalue weighted by Gasteiger charge is 2.11. The van der Waals surface area contributed by atoms with E-state index in [2.05, 4.69) is 16.7 Å². The summed E-state index contributed by atoms with van der Waals surface area (Å²) in [6.45, 7) is 0.879. The second-order valence-corrected chi connectivity index (χ2v) is 2.71. The number of hydrogen-bond donors (Lipinski definition) is 1. The Morgan fingerprint density at radius 1 is 1.27 bits per heavy atom. The molecule has 0 aromatic carbocycles. The Labute approximate surface area is 65.4 Å². The van der Waals surface area contributed by atoms with E-state index in [0.717, 1.165) is 13.0 Å². The molecule has 0 spiro atoms. The molecule has 2 heterocycles. The Morgan fingerprint density at radius 3 is 3.09 bits per heavy atom. The summed E-state index contributed by atoms with van der Waals surface area (Å²) < 4.78 is 2.05. The van der Waals surface area contributed by atoms with Crippen molar-refractivity contribution in [1.29, 1.82) is 0 Å². The molecule has 1 N–H and O–H groups in total. The SMILES string of the molecule is Oc1ccc2[n+](c1)CC=CC2. The summed E-state index contributed by atoms with van der Waals surface area (Å²) in [5.74, 6) is 0.337. The molecule has 0 saturated heterocycles. The van der Waals surface area contributed by atoms with Crippen LogP contribution in [0.15, 0.2) is 30.5 Å². The minimum absolute atomic E-state index is 0.337. The molecule has 0 aliphatic carbocycles. The second-order valence-electron chi connectivity index (χ2n) is 2.71. The third-order valence-corrected chi connectivity index (χ3v) is 1.90. The molecule has 56 valence electrons. The highest BCUT2D eigenvalue weighted by Crippen LogP contribution is 2.07. The van der Waals surface area contributed by atoms with Crippen molar-refractivity contribution in [3.63, 3.8) is 0 Å². The van der Waals surface area contributed by atoms with Gasteiger partial charge < -0.3 is 5.11 Å². The minimum Gasteiger partial charge on any atom is -0.503 e. The molecular formula is C9H10NO+. The molecule has 2 heteroatoms. The number of fused-ring (bicyclic) bond motifs is 1. The van der Waals surface area contributed by atoms with Gasteiger partial charge in [-0.15, -0.1) is 0 Å². The summed E-state index contributed by atoms with van der Waals surface area (Å²) in [5.41, 5.74) is 1.25. The number of hydrogen-bond acceptors (Lipinski definition) is 1. The predicted molar refractivity (Wildman–Crippen MR) is 41.1 cm³/mol. The van der Waals surface area contributed by atoms with Crippen LogP contribution in [0.4, 0.5) is 0 Å². The summed E-state index contributed by atoms with van der Waals surface area (Å²) in [5, 5.41) is 9.14. The van der Waals surface area contributed by atoms with E-state index in [1.807, 2.05) is 6.07 Å². The lowest BCUT2D eigenvalue weighted by Crippen LogP contribution is -2.38. The zero-order valence-corrected chi connectivity index (χ0v) is 6.20. The van der Waals surface area contributed by atoms with Crippen LogP contribution in [-0.4, -0.2) is 5.11 Å². The molecule has 0 atom stereocenters. The van der Waals surface area contributed by atoms with Crippen molar-refractivity contribution in [2.24, 2.45) is 0 Å². The van der Waals surface area contributed by atoms with Gasteiger partial charge in [0.05, 0.1) is 6.42 Å². The molecule has 0 radical (unpaired) electrons. The molecule has 0 saturated carbocycles. The van der Waals surface area contributed by atoms with E-state index < -0.39 is 0 Å². The predicted octanol–water partition coefficient (Wildman–Crippen LogP) is 0.792. The lowest BCUT2D eigenvalue weighted by Gasteiger charge is -2.03. The van der Waals surface area contributed by atoms with Crippen LogP contribution >= 0.6 is 0 Å². The van der Waals surface area contributed by atoms with Crippen molar-refractivity contribution in [2.75, 3.05) is 0 Å². The summed E-state index contributed by atoms with van der Waals surface area (Å²) in [4.78, 5) is 0. The highest BCUT2D eigenvalue weighted by atomic mass is 16.3. The number of rotatable bonds is 0. The van der Waals surface area contributed by atoms with Crippen molar-refractivity contribution >= 4 is 0 Å². The van der Waals surface area contributed by atoms with Crippen LogP contribution in [0.5, 0.6) is 5.75 Å². The lowest BCUT2D eigenvalue weighted by molar-refractivity contribution is -0.696. The first kappa shape index (κ1) is 6.40. The van der Waals surface area contributed by atoms with Crippen molar-refractivity contribution in [3.8, 4) is 5.75 Å². The maximum absolute atomic E-state index is 9.14. The van der Waals surface area contributed by atoms with Gasteiger partial charge in [-0.2, -0.15) is 4.57 Å². The largest absolute Gasteiger partial charge is 0.503 e. The highest BCUT2D eigenvalue weighted by molar-refractivity contribution is 5.15. The smallest absolute Gasteiger partial charge is 0.211 e. The van der Waals surface area contributed by atoms with Gasteiger partial charge in [0.1, 0.15) is 0 Å². The van der Waals surface area contributed by atoms with Gasteiger partial charge in [0.25, 0.3) is 0 Å². The molecule has 11 heavy (non-hydrogen) atoms. The fourth-order valence-electron chi connectivity index (χ4n) is 1.31. The fourth-order valence-corrected chi connectivity index (χ4v) is 1.31. The number of nitrogens with zero attached hydrogens (tertiary/aromatic N) is 1. The molecule has 1 aliphatic heterocycles. The normalized spacial score (nSPS) is 14.5. The summed E-state index contributed by atoms with van der Waals surface area (Å²) >= 11 is 0. The Kier molecular flexibility index (Phi) is 1.39. The van der Waals surface area contributed by atoms with Gasteiger partial charge in [0, 0.05) is 6.07 Å². The van der Waals surface area contributed by atoms with E-state index in [4.69, 9.17) is 5.11 Å². The molecule has 1 aliphatic rings. The molecule has 1 aromatic rings. The van der Waals surface area contributed by atoms with Gasteiger partial charge in [-0.25, -0.2) is 0 Å². The molecule has 2 nitrogen and oxygen atoms in total. The lowest BCUT2D eigenvalue weighted by atomic mass is 10.2. The fraction of sp³-hybridized carbons (Fsp3) is 0.222. The van der Waals surface area contributed by atoms with Crippen molar-refractivity contribution in [2.45, 2.75) is 13.0 Å². The molecule has 0 amide bonds. The van der Waals surface area contributed by atoms with Gasteiger partial charge >= 0.3 is 0 Å². The molecule has 0 unspecified atom stereocenters. The topological polar surface area (TPSA) is 24.1 Å². The average molecular weight is 148 g/mol. The van der Waals surface area contributed by atoms with Crippen LogP contribution < -0.4 is 4.57 Å². The van der Waals surface area contributed by atoms with Crippen molar-refractivity contribution in [3.05, 3.63) is 36.2 Å². The van der Waals surface area contributed by atoms with Crippen LogP contribution in [0.25, 0.3) is 0 Å². The zero-order valence-electron chi connectivity index (χ0n) is 6.20. The molecule has 2 rings (SSSR count). The maximum Gasteiger partial charge on any atom is 0.211 e. The summed E-state index contributed by atoms with van der Waals surface area (Å²) in [7, 11) is 0. The van der Waals surface area contributed by atoms with Crippen molar-refractivity contribution in [1.82, 2.24) is 0 Å². The monoisotopic (exact) mass is 148 g/mol. The van der Waals surface area contributed by atoms with E-state index in [1.54, 1.807) is 12.3 Å². The van der Waals surface area contributed by atoms with E-state index in [-0.39, 0.29) is 0 Å². The summed E-state index contributed by atoms with van der Waals surface area (Å²) in [6.07, 6.45) is 6.98. The van der Waals surface area contributed by atoms with E-state index in [9.17, 15) is 0 Å². The Balaban J connectivity index is 2.48. The third-order valence-electron chi connectivity index (χ3n) is 1.90. The van der Waals surface area contributed by atoms with E-state index >= 15 is 0 Å². The number of aromatic hydroxyl groups is 1. The van der Waals surface area contributed by atoms with Crippen LogP contribution in [0.3, 0.4) is 0 Å². The van der Waals surface area contributed by atoms with Gasteiger partial charge in [0.15, 0.2) is 18.0 Å². The van der Waals surface area contributed by atoms with E-state index in [1.165, 1.54) is 5.69 Å². The van der Waals surface area contributed by atoms with Gasteiger partial charge in [-0.05, 0) is 12.1 Å². The van der Waals surface area contributed by atoms with Crippen molar-refractivity contribution < 1.29 is 9.67 Å². The maximum atomic E-state index is 9.14. The Bertz CT molecular complexity index is 304. The van der Waals surface area contributed by atoms with Gasteiger partial charge in [-0.1, -0.05) is 6.08 Å². The number of aromatic nitrogens is 1. The number of pyridine rings is 1. The van der Waals surface area contributed by atoms with E-state index in [0.29, 0.717) is 5.75 Å². The van der Waals surface area contributed by atoms with Crippen LogP contribution in [-0.2, 0) is 13.0 Å². The quantitative estimate of drug-likeness (QED) is 0.427. The third kappa shape index (κ3) is 1.11. The molecule has 0 bridgehead atoms. The van der Waals surface area contributed by atoms with Gasteiger partial charge in [-0.3, -0.25) is 0 Å². The van der Waals surface area contributed by atoms with Crippen LogP contribution in [0.2, 0.25) is 0 Å². The Hall–Kier alpha value is -1.31. The average Bonchev–Trinajstić information content (AvgIpc) is 2.04. The first-order chi connectivity index (χ1) is 5.36. The first-order valence-corrected chi connectivity index (χ1v) is 3.72. The number of allylic oxidation sites excluding steroid dienone is 2. The molecular weight excluding hydrogens is 138 g/mol. The molecule has 1 aromatic heterocycles. The Morgan fingerprint density at radius 2 is 2.18 bits per heavy atom. The summed E-state index contributed by atoms with van der Waals surface area (Å²) in [6, 6.07) is 3.68. The first-order valence-electron chi connectivity index (χ1n) is 3.72. The zero-order chi connectivity index (χ0) is 7.68. The second kappa shape index (κ2) is 2.38. The minimum atomic E-state index is 0.337.